The molecule has 2 aromatic carbocycles. The van der Waals surface area contributed by atoms with Crippen molar-refractivity contribution >= 4 is 38.0 Å². The highest BCUT2D eigenvalue weighted by molar-refractivity contribution is 7.89. The summed E-state index contributed by atoms with van der Waals surface area (Å²) in [6, 6.07) is 14.3. The van der Waals surface area contributed by atoms with E-state index in [-0.39, 0.29) is 4.90 Å². The van der Waals surface area contributed by atoms with Gasteiger partial charge in [-0.15, -0.1) is 16.2 Å². The number of nitrogens with one attached hydrogen (secondary N) is 2. The summed E-state index contributed by atoms with van der Waals surface area (Å²) in [7, 11) is -3.84. The molecule has 4 rings (SSSR count). The van der Waals surface area contributed by atoms with E-state index in [9.17, 15) is 13.2 Å². The third-order valence-electron chi connectivity index (χ3n) is 4.80. The summed E-state index contributed by atoms with van der Waals surface area (Å²) in [4.78, 5) is 16.5. The molecular formula is C20H20N2O3S2. The van der Waals surface area contributed by atoms with Gasteiger partial charge in [0.2, 0.25) is 0 Å². The first-order valence-electron chi connectivity index (χ1n) is 8.95. The molecule has 7 heteroatoms. The second-order valence-electron chi connectivity index (χ2n) is 6.69. The van der Waals surface area contributed by atoms with E-state index in [1.165, 1.54) is 34.3 Å². The Morgan fingerprint density at radius 1 is 0.926 bits per heavy atom. The van der Waals surface area contributed by atoms with Crippen LogP contribution in [0.15, 0.2) is 53.4 Å². The molecule has 0 bridgehead atoms. The molecule has 140 valence electrons. The van der Waals surface area contributed by atoms with Gasteiger partial charge in [-0.1, -0.05) is 36.8 Å². The predicted molar refractivity (Wildman–Crippen MR) is 107 cm³/mol. The summed E-state index contributed by atoms with van der Waals surface area (Å²) in [6.45, 7) is 0. The molecule has 0 aliphatic heterocycles. The van der Waals surface area contributed by atoms with Crippen molar-refractivity contribution in [1.29, 1.82) is 0 Å². The zero-order chi connectivity index (χ0) is 18.9. The van der Waals surface area contributed by atoms with Crippen molar-refractivity contribution in [2.24, 2.45) is 0 Å². The average Bonchev–Trinajstić information content (AvgIpc) is 2.96. The smallest absolute Gasteiger partial charge is 0.273 e. The highest BCUT2D eigenvalue weighted by Gasteiger charge is 2.19. The van der Waals surface area contributed by atoms with Crippen molar-refractivity contribution in [3.8, 4) is 0 Å². The molecule has 27 heavy (non-hydrogen) atoms. The first kappa shape index (κ1) is 18.2. The van der Waals surface area contributed by atoms with Gasteiger partial charge in [-0.3, -0.25) is 10.2 Å². The molecule has 0 fully saturated rings. The number of benzene rings is 2. The molecule has 0 atom stereocenters. The van der Waals surface area contributed by atoms with E-state index in [1.807, 2.05) is 30.3 Å². The van der Waals surface area contributed by atoms with Crippen LogP contribution in [0.2, 0.25) is 0 Å². The van der Waals surface area contributed by atoms with Crippen molar-refractivity contribution in [3.05, 3.63) is 63.8 Å². The Morgan fingerprint density at radius 2 is 1.70 bits per heavy atom. The highest BCUT2D eigenvalue weighted by atomic mass is 32.2. The molecule has 0 saturated heterocycles. The van der Waals surface area contributed by atoms with E-state index in [0.29, 0.717) is 4.88 Å². The minimum absolute atomic E-state index is 0.114. The second kappa shape index (κ2) is 7.42. The number of fused-ring (bicyclic) bond motifs is 2. The Kier molecular flexibility index (Phi) is 4.99. The average molecular weight is 401 g/mol. The number of aryl methyl sites for hydroxylation is 2. The molecule has 5 nitrogen and oxygen atoms in total. The van der Waals surface area contributed by atoms with Crippen molar-refractivity contribution < 1.29 is 13.2 Å². The number of hydrazine groups is 1. The van der Waals surface area contributed by atoms with Gasteiger partial charge in [-0.2, -0.15) is 0 Å². The molecule has 0 radical (unpaired) electrons. The molecule has 0 unspecified atom stereocenters. The van der Waals surface area contributed by atoms with E-state index in [4.69, 9.17) is 0 Å². The van der Waals surface area contributed by atoms with E-state index in [0.717, 1.165) is 36.5 Å². The lowest BCUT2D eigenvalue weighted by Crippen LogP contribution is -2.41. The van der Waals surface area contributed by atoms with Gasteiger partial charge in [0.25, 0.3) is 15.9 Å². The van der Waals surface area contributed by atoms with Gasteiger partial charge >= 0.3 is 0 Å². The number of carbonyl (C=O) groups excluding carboxylic acids is 1. The van der Waals surface area contributed by atoms with E-state index in [1.54, 1.807) is 12.1 Å². The quantitative estimate of drug-likeness (QED) is 0.517. The molecule has 2 N–H and O–H groups in total. The number of rotatable bonds is 4. The number of amides is 1. The van der Waals surface area contributed by atoms with Gasteiger partial charge in [-0.25, -0.2) is 8.42 Å². The standard InChI is InChI=1S/C20H20N2O3S2/c23-20(19-13-16-8-2-1-3-9-18(16)26-19)21-22-27(24,25)17-11-10-14-6-4-5-7-15(14)12-17/h4-7,10-13,22H,1-3,8-9H2,(H,21,23). The van der Waals surface area contributed by atoms with Gasteiger partial charge in [0.1, 0.15) is 0 Å². The topological polar surface area (TPSA) is 75.3 Å². The molecular weight excluding hydrogens is 380 g/mol. The molecule has 1 amide bonds. The lowest BCUT2D eigenvalue weighted by atomic mass is 10.1. The van der Waals surface area contributed by atoms with Crippen molar-refractivity contribution in [2.45, 2.75) is 37.0 Å². The lowest BCUT2D eigenvalue weighted by molar-refractivity contribution is 0.0949. The van der Waals surface area contributed by atoms with Crippen LogP contribution in [-0.4, -0.2) is 14.3 Å². The molecule has 1 aliphatic rings. The normalized spacial score (nSPS) is 14.5. The molecule has 3 aromatic rings. The van der Waals surface area contributed by atoms with Crippen LogP contribution in [0.4, 0.5) is 0 Å². The van der Waals surface area contributed by atoms with Crippen LogP contribution >= 0.6 is 11.3 Å². The number of carbonyl (C=O) groups is 1. The van der Waals surface area contributed by atoms with Crippen LogP contribution in [0, 0.1) is 0 Å². The Labute approximate surface area is 162 Å². The van der Waals surface area contributed by atoms with E-state index in [2.05, 4.69) is 10.3 Å². The Balaban J connectivity index is 1.49. The second-order valence-corrected chi connectivity index (χ2v) is 9.51. The maximum atomic E-state index is 12.5. The van der Waals surface area contributed by atoms with Crippen LogP contribution in [0.5, 0.6) is 0 Å². The van der Waals surface area contributed by atoms with Gasteiger partial charge in [0.15, 0.2) is 0 Å². The zero-order valence-electron chi connectivity index (χ0n) is 14.7. The first-order valence-corrected chi connectivity index (χ1v) is 11.3. The molecule has 0 saturated carbocycles. The maximum Gasteiger partial charge on any atom is 0.276 e. The fourth-order valence-electron chi connectivity index (χ4n) is 3.35. The minimum atomic E-state index is -3.84. The van der Waals surface area contributed by atoms with Gasteiger partial charge < -0.3 is 0 Å². The largest absolute Gasteiger partial charge is 0.276 e. The summed E-state index contributed by atoms with van der Waals surface area (Å²) >= 11 is 1.46. The summed E-state index contributed by atoms with van der Waals surface area (Å²) in [6.07, 6.45) is 5.48. The molecule has 0 spiro atoms. The fraction of sp³-hybridized carbons (Fsp3) is 0.250. The molecule has 1 aromatic heterocycles. The van der Waals surface area contributed by atoms with Crippen LogP contribution in [-0.2, 0) is 22.9 Å². The van der Waals surface area contributed by atoms with Crippen molar-refractivity contribution in [2.75, 3.05) is 0 Å². The predicted octanol–water partition coefficient (Wildman–Crippen LogP) is 3.79. The molecule has 1 aliphatic carbocycles. The van der Waals surface area contributed by atoms with Crippen LogP contribution in [0.1, 0.15) is 39.4 Å². The minimum Gasteiger partial charge on any atom is -0.273 e. The summed E-state index contributed by atoms with van der Waals surface area (Å²) in [5.74, 6) is -0.419. The Morgan fingerprint density at radius 3 is 2.56 bits per heavy atom. The Hall–Kier alpha value is -2.22. The van der Waals surface area contributed by atoms with Crippen LogP contribution in [0.3, 0.4) is 0 Å². The van der Waals surface area contributed by atoms with Gasteiger partial charge in [-0.05, 0) is 60.2 Å². The summed E-state index contributed by atoms with van der Waals surface area (Å²) in [5, 5.41) is 1.79. The monoisotopic (exact) mass is 400 g/mol. The van der Waals surface area contributed by atoms with E-state index < -0.39 is 15.9 Å². The zero-order valence-corrected chi connectivity index (χ0v) is 16.3. The summed E-state index contributed by atoms with van der Waals surface area (Å²) < 4.78 is 25.1. The summed E-state index contributed by atoms with van der Waals surface area (Å²) in [5.41, 5.74) is 3.57. The fourth-order valence-corrected chi connectivity index (χ4v) is 5.37. The highest BCUT2D eigenvalue weighted by Crippen LogP contribution is 2.29. The SMILES string of the molecule is O=C(NNS(=O)(=O)c1ccc2ccccc2c1)c1cc2c(s1)CCCCC2. The lowest BCUT2D eigenvalue weighted by Gasteiger charge is -2.08. The number of sulfonamides is 1. The third-order valence-corrected chi connectivity index (χ3v) is 7.28. The first-order chi connectivity index (χ1) is 13.0. The van der Waals surface area contributed by atoms with Crippen LogP contribution < -0.4 is 10.3 Å². The molecule has 1 heterocycles. The third kappa shape index (κ3) is 3.90. The number of thiophene rings is 1. The Bertz CT molecular complexity index is 1080. The van der Waals surface area contributed by atoms with Crippen molar-refractivity contribution in [1.82, 2.24) is 10.3 Å². The maximum absolute atomic E-state index is 12.5. The van der Waals surface area contributed by atoms with Crippen molar-refractivity contribution in [3.63, 3.8) is 0 Å². The van der Waals surface area contributed by atoms with E-state index >= 15 is 0 Å². The van der Waals surface area contributed by atoms with Gasteiger partial charge in [0, 0.05) is 4.88 Å². The number of hydrogen-bond donors (Lipinski definition) is 2. The number of hydrogen-bond acceptors (Lipinski definition) is 4. The van der Waals surface area contributed by atoms with Gasteiger partial charge in [0.05, 0.1) is 9.77 Å². The van der Waals surface area contributed by atoms with Crippen LogP contribution in [0.25, 0.3) is 10.8 Å².